The van der Waals surface area contributed by atoms with E-state index in [4.69, 9.17) is 9.47 Å². The summed E-state index contributed by atoms with van der Waals surface area (Å²) in [5.41, 5.74) is 0.810. The highest BCUT2D eigenvalue weighted by atomic mass is 19.4. The van der Waals surface area contributed by atoms with E-state index >= 15 is 0 Å². The number of nitrogens with one attached hydrogen (secondary N) is 2. The highest BCUT2D eigenvalue weighted by Gasteiger charge is 2.30. The van der Waals surface area contributed by atoms with E-state index in [0.717, 1.165) is 36.4 Å². The van der Waals surface area contributed by atoms with Crippen molar-refractivity contribution in [3.8, 4) is 5.75 Å². The Morgan fingerprint density at radius 1 is 1.24 bits per heavy atom. The first-order chi connectivity index (χ1) is 16.4. The number of aromatic amines is 1. The van der Waals surface area contributed by atoms with E-state index in [9.17, 15) is 18.0 Å². The summed E-state index contributed by atoms with van der Waals surface area (Å²) in [7, 11) is 0. The molecule has 2 aromatic rings. The van der Waals surface area contributed by atoms with E-state index in [2.05, 4.69) is 20.4 Å². The summed E-state index contributed by atoms with van der Waals surface area (Å²) < 4.78 is 49.8. The number of ether oxygens (including phenoxy) is 2. The van der Waals surface area contributed by atoms with Crippen LogP contribution in [0.25, 0.3) is 0 Å². The molecule has 7 nitrogen and oxygen atoms in total. The van der Waals surface area contributed by atoms with Gasteiger partial charge in [-0.2, -0.15) is 18.3 Å². The molecule has 1 saturated carbocycles. The minimum absolute atomic E-state index is 0.0574. The van der Waals surface area contributed by atoms with E-state index in [-0.39, 0.29) is 24.4 Å². The van der Waals surface area contributed by atoms with Crippen molar-refractivity contribution in [1.82, 2.24) is 20.4 Å². The normalized spacial score (nSPS) is 20.3. The second kappa shape index (κ2) is 11.2. The molecule has 1 aliphatic heterocycles. The minimum Gasteiger partial charge on any atom is -0.493 e. The van der Waals surface area contributed by atoms with Gasteiger partial charge in [0.1, 0.15) is 11.9 Å². The number of carbonyl (C=O) groups is 1. The van der Waals surface area contributed by atoms with Crippen LogP contribution in [-0.4, -0.2) is 59.9 Å². The van der Waals surface area contributed by atoms with Gasteiger partial charge in [-0.1, -0.05) is 25.3 Å². The molecule has 34 heavy (non-hydrogen) atoms. The van der Waals surface area contributed by atoms with Crippen LogP contribution in [-0.2, 0) is 22.1 Å². The molecule has 1 saturated heterocycles. The first-order valence-corrected chi connectivity index (χ1v) is 11.8. The van der Waals surface area contributed by atoms with E-state index in [1.54, 1.807) is 0 Å². The van der Waals surface area contributed by atoms with Crippen LogP contribution >= 0.6 is 0 Å². The van der Waals surface area contributed by atoms with Crippen LogP contribution in [0.5, 0.6) is 5.75 Å². The van der Waals surface area contributed by atoms with Crippen molar-refractivity contribution in [3.63, 3.8) is 0 Å². The van der Waals surface area contributed by atoms with Crippen LogP contribution in [0, 0.1) is 0 Å². The zero-order valence-electron chi connectivity index (χ0n) is 19.1. The Balaban J connectivity index is 1.23. The lowest BCUT2D eigenvalue weighted by Crippen LogP contribution is -2.46. The largest absolute Gasteiger partial charge is 0.493 e. The lowest BCUT2D eigenvalue weighted by atomic mass is 9.95. The third kappa shape index (κ3) is 6.96. The topological polar surface area (TPSA) is 79.5 Å². The molecule has 0 bridgehead atoms. The standard InChI is InChI=1S/C24H31F3N4O3/c25-24(26,27)17-5-4-8-20(13-17)33-11-9-19-14-21(30-29-19)22-15-31(10-12-34-22)16-23(32)28-18-6-2-1-3-7-18/h4-5,8,13-14,18,22H,1-3,6-7,9-12,15-16H2,(H,28,32)(H,29,30)/t22-/m0/s1. The molecular weight excluding hydrogens is 449 g/mol. The Morgan fingerprint density at radius 2 is 2.06 bits per heavy atom. The maximum atomic E-state index is 12.8. The van der Waals surface area contributed by atoms with Gasteiger partial charge >= 0.3 is 6.18 Å². The van der Waals surface area contributed by atoms with E-state index in [1.807, 2.05) is 6.07 Å². The van der Waals surface area contributed by atoms with Gasteiger partial charge in [-0.3, -0.25) is 14.8 Å². The molecule has 0 radical (unpaired) electrons. The van der Waals surface area contributed by atoms with Gasteiger partial charge < -0.3 is 14.8 Å². The van der Waals surface area contributed by atoms with Crippen molar-refractivity contribution in [2.24, 2.45) is 0 Å². The number of hydrogen-bond acceptors (Lipinski definition) is 5. The molecule has 0 unspecified atom stereocenters. The van der Waals surface area contributed by atoms with Crippen molar-refractivity contribution < 1.29 is 27.4 Å². The molecule has 4 rings (SSSR count). The van der Waals surface area contributed by atoms with Gasteiger partial charge in [0.25, 0.3) is 0 Å². The smallest absolute Gasteiger partial charge is 0.416 e. The Bertz CT molecular complexity index is 944. The molecule has 1 aromatic carbocycles. The Hall–Kier alpha value is -2.59. The highest BCUT2D eigenvalue weighted by molar-refractivity contribution is 5.78. The molecule has 1 aromatic heterocycles. The average molecular weight is 481 g/mol. The van der Waals surface area contributed by atoms with Crippen molar-refractivity contribution in [2.75, 3.05) is 32.8 Å². The number of carbonyl (C=O) groups excluding carboxylic acids is 1. The first kappa shape index (κ1) is 24.5. The second-order valence-corrected chi connectivity index (χ2v) is 8.94. The molecule has 2 heterocycles. The fourth-order valence-electron chi connectivity index (χ4n) is 4.46. The summed E-state index contributed by atoms with van der Waals surface area (Å²) in [6, 6.07) is 7.02. The zero-order valence-corrected chi connectivity index (χ0v) is 19.1. The fourth-order valence-corrected chi connectivity index (χ4v) is 4.46. The van der Waals surface area contributed by atoms with E-state index in [1.165, 1.54) is 31.4 Å². The van der Waals surface area contributed by atoms with E-state index in [0.29, 0.717) is 38.7 Å². The number of benzene rings is 1. The first-order valence-electron chi connectivity index (χ1n) is 11.8. The van der Waals surface area contributed by atoms with Crippen molar-refractivity contribution >= 4 is 5.91 Å². The number of halogens is 3. The number of alkyl halides is 3. The van der Waals surface area contributed by atoms with Gasteiger partial charge in [-0.25, -0.2) is 0 Å². The van der Waals surface area contributed by atoms with Crippen LogP contribution in [0.3, 0.4) is 0 Å². The molecule has 0 spiro atoms. The number of rotatable bonds is 8. The van der Waals surface area contributed by atoms with Crippen LogP contribution in [0.4, 0.5) is 13.2 Å². The number of hydrogen-bond donors (Lipinski definition) is 2. The van der Waals surface area contributed by atoms with Gasteiger partial charge in [0.05, 0.1) is 31.0 Å². The predicted octanol–water partition coefficient (Wildman–Crippen LogP) is 3.87. The monoisotopic (exact) mass is 480 g/mol. The van der Waals surface area contributed by atoms with Crippen molar-refractivity contribution in [3.05, 3.63) is 47.3 Å². The van der Waals surface area contributed by atoms with Gasteiger partial charge in [-0.15, -0.1) is 0 Å². The number of amides is 1. The van der Waals surface area contributed by atoms with Gasteiger partial charge in [-0.05, 0) is 37.1 Å². The van der Waals surface area contributed by atoms with Gasteiger partial charge in [0.2, 0.25) is 5.91 Å². The quantitative estimate of drug-likeness (QED) is 0.600. The van der Waals surface area contributed by atoms with Crippen LogP contribution in [0.1, 0.15) is 55.2 Å². The van der Waals surface area contributed by atoms with Crippen LogP contribution in [0.15, 0.2) is 30.3 Å². The van der Waals surface area contributed by atoms with Gasteiger partial charge in [0.15, 0.2) is 0 Å². The highest BCUT2D eigenvalue weighted by Crippen LogP contribution is 2.31. The Kier molecular flexibility index (Phi) is 8.10. The van der Waals surface area contributed by atoms with E-state index < -0.39 is 11.7 Å². The number of H-pyrrole nitrogens is 1. The minimum atomic E-state index is -4.40. The third-order valence-corrected chi connectivity index (χ3v) is 6.27. The molecule has 2 N–H and O–H groups in total. The molecule has 1 atom stereocenters. The Morgan fingerprint density at radius 3 is 2.85 bits per heavy atom. The lowest BCUT2D eigenvalue weighted by molar-refractivity contribution is -0.137. The zero-order chi connectivity index (χ0) is 24.0. The average Bonchev–Trinajstić information content (AvgIpc) is 3.28. The molecule has 1 aliphatic carbocycles. The fraction of sp³-hybridized carbons (Fsp3) is 0.583. The molecule has 2 fully saturated rings. The maximum absolute atomic E-state index is 12.8. The summed E-state index contributed by atoms with van der Waals surface area (Å²) >= 11 is 0. The summed E-state index contributed by atoms with van der Waals surface area (Å²) in [4.78, 5) is 14.5. The van der Waals surface area contributed by atoms with Crippen LogP contribution < -0.4 is 10.1 Å². The van der Waals surface area contributed by atoms with Crippen molar-refractivity contribution in [1.29, 1.82) is 0 Å². The summed E-state index contributed by atoms with van der Waals surface area (Å²) in [5.74, 6) is 0.231. The summed E-state index contributed by atoms with van der Waals surface area (Å²) in [5, 5.41) is 10.4. The number of morpholine rings is 1. The van der Waals surface area contributed by atoms with Crippen LogP contribution in [0.2, 0.25) is 0 Å². The molecule has 1 amide bonds. The molecule has 10 heteroatoms. The SMILES string of the molecule is O=C(CN1CCO[C@H](c2cc(CCOc3cccc(C(F)(F)F)c3)[nH]n2)C1)NC1CCCCC1. The van der Waals surface area contributed by atoms with Gasteiger partial charge in [0, 0.05) is 31.2 Å². The molecule has 186 valence electrons. The summed E-state index contributed by atoms with van der Waals surface area (Å²) in [6.45, 7) is 2.34. The maximum Gasteiger partial charge on any atom is 0.416 e. The second-order valence-electron chi connectivity index (χ2n) is 8.94. The third-order valence-electron chi connectivity index (χ3n) is 6.27. The summed E-state index contributed by atoms with van der Waals surface area (Å²) in [6.07, 6.45) is 1.54. The Labute approximate surface area is 197 Å². The lowest BCUT2D eigenvalue weighted by Gasteiger charge is -2.32. The predicted molar refractivity (Wildman–Crippen MR) is 119 cm³/mol. The molecular formula is C24H31F3N4O3. The number of nitrogens with zero attached hydrogens (tertiary/aromatic N) is 2. The van der Waals surface area contributed by atoms with Crippen molar-refractivity contribution in [2.45, 2.75) is 56.8 Å². The number of aromatic nitrogens is 2. The molecule has 2 aliphatic rings.